The number of benzene rings is 1. The van der Waals surface area contributed by atoms with Crippen LogP contribution in [-0.4, -0.2) is 39.3 Å². The fourth-order valence-electron chi connectivity index (χ4n) is 3.78. The summed E-state index contributed by atoms with van der Waals surface area (Å²) in [6.45, 7) is 5.81. The average molecular weight is 312 g/mol. The van der Waals surface area contributed by atoms with Gasteiger partial charge in [-0.2, -0.15) is 0 Å². The molecule has 2 heterocycles. The van der Waals surface area contributed by atoms with E-state index in [1.54, 1.807) is 0 Å². The van der Waals surface area contributed by atoms with Gasteiger partial charge in [0, 0.05) is 19.5 Å². The maximum atomic E-state index is 4.30. The summed E-state index contributed by atoms with van der Waals surface area (Å²) in [6.07, 6.45) is 6.72. The summed E-state index contributed by atoms with van der Waals surface area (Å²) in [4.78, 5) is 2.64. The van der Waals surface area contributed by atoms with E-state index in [9.17, 15) is 0 Å². The molecule has 4 nitrogen and oxygen atoms in total. The highest BCUT2D eigenvalue weighted by Gasteiger charge is 2.25. The largest absolute Gasteiger partial charge is 0.320 e. The Hall–Kier alpha value is -1.68. The average Bonchev–Trinajstić information content (AvgIpc) is 3.02. The highest BCUT2D eigenvalue weighted by molar-refractivity contribution is 5.20. The molecule has 1 fully saturated rings. The predicted molar refractivity (Wildman–Crippen MR) is 93.5 cm³/mol. The number of piperidine rings is 1. The van der Waals surface area contributed by atoms with E-state index >= 15 is 0 Å². The van der Waals surface area contributed by atoms with Crippen LogP contribution in [0, 0.1) is 0 Å². The van der Waals surface area contributed by atoms with E-state index in [1.165, 1.54) is 50.9 Å². The molecular formula is C19H28N4. The second-order valence-electron chi connectivity index (χ2n) is 6.77. The standard InChI is InChI=1S/C19H28N4/c1-3-7-18(16-8-5-4-6-9-16)14-23-12-10-17(11-13-23)19-21-20-15-22(19)2/h4-6,8-9,15,17-18H,3,7,10-14H2,1-2H3/t18-/m1/s1. The number of hydrogen-bond donors (Lipinski definition) is 0. The van der Waals surface area contributed by atoms with Crippen LogP contribution >= 0.6 is 0 Å². The number of aryl methyl sites for hydroxylation is 1. The summed E-state index contributed by atoms with van der Waals surface area (Å²) in [5.41, 5.74) is 1.49. The van der Waals surface area contributed by atoms with Gasteiger partial charge in [-0.25, -0.2) is 0 Å². The lowest BCUT2D eigenvalue weighted by molar-refractivity contribution is 0.194. The monoisotopic (exact) mass is 312 g/mol. The van der Waals surface area contributed by atoms with Gasteiger partial charge < -0.3 is 9.47 Å². The van der Waals surface area contributed by atoms with Crippen molar-refractivity contribution in [1.82, 2.24) is 19.7 Å². The van der Waals surface area contributed by atoms with Crippen LogP contribution in [0.5, 0.6) is 0 Å². The second kappa shape index (κ2) is 7.73. The first kappa shape index (κ1) is 16.2. The molecule has 4 heteroatoms. The van der Waals surface area contributed by atoms with Crippen molar-refractivity contribution in [1.29, 1.82) is 0 Å². The van der Waals surface area contributed by atoms with E-state index in [2.05, 4.69) is 56.9 Å². The Morgan fingerprint density at radius 1 is 1.17 bits per heavy atom. The van der Waals surface area contributed by atoms with Gasteiger partial charge in [0.1, 0.15) is 12.2 Å². The molecule has 1 aromatic carbocycles. The molecule has 0 saturated carbocycles. The summed E-state index contributed by atoms with van der Waals surface area (Å²) < 4.78 is 2.07. The molecule has 0 N–H and O–H groups in total. The summed E-state index contributed by atoms with van der Waals surface area (Å²) in [5.74, 6) is 2.38. The minimum Gasteiger partial charge on any atom is -0.320 e. The van der Waals surface area contributed by atoms with Gasteiger partial charge in [0.05, 0.1) is 0 Å². The molecule has 0 aliphatic carbocycles. The van der Waals surface area contributed by atoms with Gasteiger partial charge >= 0.3 is 0 Å². The van der Waals surface area contributed by atoms with Crippen molar-refractivity contribution < 1.29 is 0 Å². The molecule has 0 unspecified atom stereocenters. The second-order valence-corrected chi connectivity index (χ2v) is 6.77. The molecule has 0 spiro atoms. The zero-order valence-corrected chi connectivity index (χ0v) is 14.4. The zero-order valence-electron chi connectivity index (χ0n) is 14.4. The third-order valence-electron chi connectivity index (χ3n) is 5.09. The molecule has 1 aliphatic heterocycles. The molecule has 0 amide bonds. The minimum atomic E-state index is 0.570. The highest BCUT2D eigenvalue weighted by atomic mass is 15.3. The van der Waals surface area contributed by atoms with Crippen LogP contribution in [0.1, 0.15) is 55.8 Å². The normalized spacial score (nSPS) is 18.2. The van der Waals surface area contributed by atoms with Crippen LogP contribution < -0.4 is 0 Å². The lowest BCUT2D eigenvalue weighted by Crippen LogP contribution is -2.36. The lowest BCUT2D eigenvalue weighted by atomic mass is 9.91. The SMILES string of the molecule is CCC[C@H](CN1CCC(c2nncn2C)CC1)c1ccccc1. The minimum absolute atomic E-state index is 0.570. The van der Waals surface area contributed by atoms with E-state index in [-0.39, 0.29) is 0 Å². The fraction of sp³-hybridized carbons (Fsp3) is 0.579. The Morgan fingerprint density at radius 2 is 1.91 bits per heavy atom. The number of likely N-dealkylation sites (tertiary alicyclic amines) is 1. The Morgan fingerprint density at radius 3 is 2.52 bits per heavy atom. The Balaban J connectivity index is 1.57. The van der Waals surface area contributed by atoms with Crippen LogP contribution in [0.15, 0.2) is 36.7 Å². The van der Waals surface area contributed by atoms with Gasteiger partial charge in [-0.3, -0.25) is 0 Å². The molecular weight excluding hydrogens is 284 g/mol. The van der Waals surface area contributed by atoms with Crippen LogP contribution in [0.4, 0.5) is 0 Å². The Bertz CT molecular complexity index is 584. The number of rotatable bonds is 6. The smallest absolute Gasteiger partial charge is 0.135 e. The van der Waals surface area contributed by atoms with Crippen molar-refractivity contribution in [2.75, 3.05) is 19.6 Å². The zero-order chi connectivity index (χ0) is 16.1. The fourth-order valence-corrected chi connectivity index (χ4v) is 3.78. The van der Waals surface area contributed by atoms with Crippen molar-refractivity contribution in [3.8, 4) is 0 Å². The number of aromatic nitrogens is 3. The maximum Gasteiger partial charge on any atom is 0.135 e. The van der Waals surface area contributed by atoms with Crippen LogP contribution in [0.2, 0.25) is 0 Å². The van der Waals surface area contributed by atoms with Gasteiger partial charge in [-0.15, -0.1) is 10.2 Å². The summed E-state index contributed by atoms with van der Waals surface area (Å²) in [6, 6.07) is 11.0. The Kier molecular flexibility index (Phi) is 5.44. The Labute approximate surface area is 139 Å². The van der Waals surface area contributed by atoms with Crippen LogP contribution in [0.25, 0.3) is 0 Å². The molecule has 124 valence electrons. The summed E-state index contributed by atoms with van der Waals surface area (Å²) in [7, 11) is 2.05. The third kappa shape index (κ3) is 3.99. The van der Waals surface area contributed by atoms with E-state index in [4.69, 9.17) is 0 Å². The number of hydrogen-bond acceptors (Lipinski definition) is 3. The molecule has 1 atom stereocenters. The van der Waals surface area contributed by atoms with Gasteiger partial charge in [-0.1, -0.05) is 43.7 Å². The highest BCUT2D eigenvalue weighted by Crippen LogP contribution is 2.29. The molecule has 1 aromatic heterocycles. The quantitative estimate of drug-likeness (QED) is 0.817. The van der Waals surface area contributed by atoms with Crippen LogP contribution in [0.3, 0.4) is 0 Å². The van der Waals surface area contributed by atoms with Gasteiger partial charge in [0.25, 0.3) is 0 Å². The van der Waals surface area contributed by atoms with E-state index < -0.39 is 0 Å². The first-order valence-electron chi connectivity index (χ1n) is 8.89. The van der Waals surface area contributed by atoms with Gasteiger partial charge in [0.2, 0.25) is 0 Å². The third-order valence-corrected chi connectivity index (χ3v) is 5.09. The topological polar surface area (TPSA) is 34.0 Å². The van der Waals surface area contributed by atoms with E-state index in [1.807, 2.05) is 13.4 Å². The molecule has 3 rings (SSSR count). The molecule has 0 radical (unpaired) electrons. The molecule has 1 saturated heterocycles. The van der Waals surface area contributed by atoms with Gasteiger partial charge in [-0.05, 0) is 43.8 Å². The molecule has 0 bridgehead atoms. The molecule has 1 aliphatic rings. The summed E-state index contributed by atoms with van der Waals surface area (Å²) >= 11 is 0. The van der Waals surface area contributed by atoms with E-state index in [0.29, 0.717) is 11.8 Å². The van der Waals surface area contributed by atoms with Crippen molar-refractivity contribution in [3.05, 3.63) is 48.0 Å². The predicted octanol–water partition coefficient (Wildman–Crippen LogP) is 3.58. The van der Waals surface area contributed by atoms with Crippen molar-refractivity contribution in [2.24, 2.45) is 7.05 Å². The van der Waals surface area contributed by atoms with E-state index in [0.717, 1.165) is 5.82 Å². The summed E-state index contributed by atoms with van der Waals surface area (Å²) in [5, 5.41) is 8.32. The van der Waals surface area contributed by atoms with Crippen molar-refractivity contribution in [2.45, 2.75) is 44.4 Å². The van der Waals surface area contributed by atoms with Gasteiger partial charge in [0.15, 0.2) is 0 Å². The maximum absolute atomic E-state index is 4.30. The lowest BCUT2D eigenvalue weighted by Gasteiger charge is -2.34. The first-order chi connectivity index (χ1) is 11.3. The van der Waals surface area contributed by atoms with Crippen molar-refractivity contribution >= 4 is 0 Å². The van der Waals surface area contributed by atoms with Crippen LogP contribution in [-0.2, 0) is 7.05 Å². The first-order valence-corrected chi connectivity index (χ1v) is 8.89. The number of nitrogens with zero attached hydrogens (tertiary/aromatic N) is 4. The molecule has 2 aromatic rings. The molecule has 23 heavy (non-hydrogen) atoms. The van der Waals surface area contributed by atoms with Crippen molar-refractivity contribution in [3.63, 3.8) is 0 Å².